The second-order valence-electron chi connectivity index (χ2n) is 8.92. The van der Waals surface area contributed by atoms with E-state index in [-0.39, 0.29) is 39.7 Å². The number of Topliss-reactive ketones (excluding diaryl/α,β-unsaturated/α-hetero) is 2. The largest absolute Gasteiger partial charge is 0.486 e. The molecular weight excluding hydrogens is 491 g/mol. The lowest BCUT2D eigenvalue weighted by Crippen LogP contribution is -2.36. The zero-order valence-electron chi connectivity index (χ0n) is 18.7. The Bertz CT molecular complexity index is 1250. The first kappa shape index (κ1) is 23.6. The maximum absolute atomic E-state index is 13.0. The van der Waals surface area contributed by atoms with E-state index < -0.39 is 10.8 Å². The molecule has 2 aromatic carbocycles. The van der Waals surface area contributed by atoms with Gasteiger partial charge in [-0.2, -0.15) is 0 Å². The number of benzene rings is 2. The van der Waals surface area contributed by atoms with Crippen LogP contribution in [0.4, 0.5) is 5.69 Å². The zero-order valence-corrected chi connectivity index (χ0v) is 20.2. The average molecular weight is 513 g/mol. The Morgan fingerprint density at radius 3 is 1.97 bits per heavy atom. The third-order valence-electron chi connectivity index (χ3n) is 6.68. The minimum Gasteiger partial charge on any atom is -0.486 e. The number of allylic oxidation sites excluding steroid dienone is 4. The minimum absolute atomic E-state index is 0.00647. The highest BCUT2D eigenvalue weighted by atomic mass is 35.5. The molecule has 1 aliphatic heterocycles. The average Bonchev–Trinajstić information content (AvgIpc) is 2.83. The molecule has 1 N–H and O–H groups in total. The summed E-state index contributed by atoms with van der Waals surface area (Å²) in [5, 5.41) is 14.8. The molecule has 3 aliphatic rings. The Kier molecular flexibility index (Phi) is 6.38. The molecule has 35 heavy (non-hydrogen) atoms. The summed E-state index contributed by atoms with van der Waals surface area (Å²) in [5.41, 5.74) is 4.46. The molecule has 2 aromatic rings. The summed E-state index contributed by atoms with van der Waals surface area (Å²) in [6, 6.07) is 9.45. The summed E-state index contributed by atoms with van der Waals surface area (Å²) in [7, 11) is 0. The van der Waals surface area contributed by atoms with Crippen molar-refractivity contribution in [2.24, 2.45) is 0 Å². The van der Waals surface area contributed by atoms with Crippen molar-refractivity contribution in [3.05, 3.63) is 90.2 Å². The standard InChI is InChI=1S/C26H22Cl2N2O5/c27-17-11-15(12-18(28)26(17)35-13-14-7-9-16(10-8-14)30(33)34)23-24-19(3-1-5-21(24)31)29-20-4-2-6-22(32)25(20)23/h7-12,23,29H,1-6,13H2. The number of nitro benzene ring substituents is 1. The Hall–Kier alpha value is -3.16. The van der Waals surface area contributed by atoms with Crippen LogP contribution in [-0.2, 0) is 16.2 Å². The highest BCUT2D eigenvalue weighted by Crippen LogP contribution is 2.47. The van der Waals surface area contributed by atoms with Gasteiger partial charge in [-0.25, -0.2) is 0 Å². The highest BCUT2D eigenvalue weighted by molar-refractivity contribution is 6.37. The Labute approximate surface area is 211 Å². The van der Waals surface area contributed by atoms with Gasteiger partial charge in [0.15, 0.2) is 17.3 Å². The van der Waals surface area contributed by atoms with E-state index in [9.17, 15) is 19.7 Å². The molecule has 1 heterocycles. The number of rotatable bonds is 5. The summed E-state index contributed by atoms with van der Waals surface area (Å²) >= 11 is 13.2. The van der Waals surface area contributed by atoms with Crippen LogP contribution in [0.1, 0.15) is 55.6 Å². The molecule has 180 valence electrons. The number of non-ortho nitro benzene ring substituents is 1. The van der Waals surface area contributed by atoms with E-state index in [4.69, 9.17) is 27.9 Å². The maximum atomic E-state index is 13.0. The van der Waals surface area contributed by atoms with Crippen LogP contribution in [-0.4, -0.2) is 16.5 Å². The second-order valence-corrected chi connectivity index (χ2v) is 9.74. The molecule has 7 nitrogen and oxygen atoms in total. The van der Waals surface area contributed by atoms with Crippen LogP contribution in [0.25, 0.3) is 0 Å². The van der Waals surface area contributed by atoms with E-state index in [0.717, 1.165) is 42.6 Å². The predicted molar refractivity (Wildman–Crippen MR) is 132 cm³/mol. The monoisotopic (exact) mass is 512 g/mol. The van der Waals surface area contributed by atoms with E-state index >= 15 is 0 Å². The Morgan fingerprint density at radius 2 is 1.46 bits per heavy atom. The van der Waals surface area contributed by atoms with E-state index in [1.165, 1.54) is 12.1 Å². The number of ketones is 2. The van der Waals surface area contributed by atoms with Gasteiger partial charge in [0.1, 0.15) is 6.61 Å². The number of carbonyl (C=O) groups excluding carboxylic acids is 2. The van der Waals surface area contributed by atoms with Crippen molar-refractivity contribution < 1.29 is 19.2 Å². The fourth-order valence-corrected chi connectivity index (χ4v) is 5.68. The van der Waals surface area contributed by atoms with Crippen LogP contribution >= 0.6 is 23.2 Å². The van der Waals surface area contributed by atoms with Crippen LogP contribution in [0.2, 0.25) is 10.0 Å². The summed E-state index contributed by atoms with van der Waals surface area (Å²) in [6.45, 7) is 0.117. The van der Waals surface area contributed by atoms with Crippen molar-refractivity contribution in [2.45, 2.75) is 51.0 Å². The molecule has 0 spiro atoms. The Morgan fingerprint density at radius 1 is 0.914 bits per heavy atom. The van der Waals surface area contributed by atoms with Gasteiger partial charge in [-0.05, 0) is 61.1 Å². The lowest BCUT2D eigenvalue weighted by atomic mass is 9.71. The molecule has 0 saturated carbocycles. The first-order chi connectivity index (χ1) is 16.8. The summed E-state index contributed by atoms with van der Waals surface area (Å²) in [4.78, 5) is 36.4. The second kappa shape index (κ2) is 9.47. The molecule has 2 aliphatic carbocycles. The van der Waals surface area contributed by atoms with Crippen molar-refractivity contribution in [1.82, 2.24) is 5.32 Å². The number of nitro groups is 1. The topological polar surface area (TPSA) is 98.5 Å². The normalized spacial score (nSPS) is 18.2. The van der Waals surface area contributed by atoms with Crippen molar-refractivity contribution >= 4 is 40.5 Å². The fraction of sp³-hybridized carbons (Fsp3) is 0.308. The van der Waals surface area contributed by atoms with Crippen molar-refractivity contribution in [2.75, 3.05) is 0 Å². The lowest BCUT2D eigenvalue weighted by Gasteiger charge is -2.37. The van der Waals surface area contributed by atoms with Crippen LogP contribution in [0, 0.1) is 10.1 Å². The number of nitrogens with one attached hydrogen (secondary N) is 1. The fourth-order valence-electron chi connectivity index (χ4n) is 5.07. The van der Waals surface area contributed by atoms with Gasteiger partial charge < -0.3 is 10.1 Å². The molecule has 0 fully saturated rings. The number of hydrogen-bond donors (Lipinski definition) is 1. The molecule has 0 bridgehead atoms. The SMILES string of the molecule is O=C1CCCC2=C1C(c1cc(Cl)c(OCc3ccc([N+](=O)[O-])cc3)c(Cl)c1)C1=C(CCCC1=O)N2. The van der Waals surface area contributed by atoms with Gasteiger partial charge in [0, 0.05) is 53.4 Å². The van der Waals surface area contributed by atoms with Crippen LogP contribution in [0.5, 0.6) is 5.75 Å². The van der Waals surface area contributed by atoms with E-state index in [1.54, 1.807) is 24.3 Å². The van der Waals surface area contributed by atoms with Gasteiger partial charge in [0.2, 0.25) is 0 Å². The molecule has 5 rings (SSSR count). The predicted octanol–water partition coefficient (Wildman–Crippen LogP) is 6.18. The number of halogens is 2. The van der Waals surface area contributed by atoms with Gasteiger partial charge in [-0.3, -0.25) is 19.7 Å². The zero-order chi connectivity index (χ0) is 24.7. The third kappa shape index (κ3) is 4.46. The summed E-state index contributed by atoms with van der Waals surface area (Å²) in [6.07, 6.45) is 3.99. The molecule has 0 atom stereocenters. The first-order valence-electron chi connectivity index (χ1n) is 11.5. The number of carbonyl (C=O) groups is 2. The molecule has 0 amide bonds. The van der Waals surface area contributed by atoms with E-state index in [2.05, 4.69) is 5.32 Å². The quantitative estimate of drug-likeness (QED) is 0.379. The maximum Gasteiger partial charge on any atom is 0.269 e. The van der Waals surface area contributed by atoms with E-state index in [0.29, 0.717) is 29.6 Å². The molecule has 0 radical (unpaired) electrons. The third-order valence-corrected chi connectivity index (χ3v) is 7.24. The molecular formula is C26H22Cl2N2O5. The van der Waals surface area contributed by atoms with Crippen molar-refractivity contribution in [1.29, 1.82) is 0 Å². The van der Waals surface area contributed by atoms with Gasteiger partial charge in [0.05, 0.1) is 15.0 Å². The highest BCUT2D eigenvalue weighted by Gasteiger charge is 2.40. The molecule has 0 aromatic heterocycles. The van der Waals surface area contributed by atoms with Gasteiger partial charge >= 0.3 is 0 Å². The summed E-state index contributed by atoms with van der Waals surface area (Å²) in [5.74, 6) is -0.142. The molecule has 0 unspecified atom stereocenters. The van der Waals surface area contributed by atoms with Gasteiger partial charge in [0.25, 0.3) is 5.69 Å². The number of dihydropyridines is 1. The van der Waals surface area contributed by atoms with Crippen LogP contribution in [0.15, 0.2) is 58.9 Å². The summed E-state index contributed by atoms with van der Waals surface area (Å²) < 4.78 is 5.85. The van der Waals surface area contributed by atoms with Crippen molar-refractivity contribution in [3.8, 4) is 5.75 Å². The van der Waals surface area contributed by atoms with Crippen LogP contribution in [0.3, 0.4) is 0 Å². The molecule has 0 saturated heterocycles. The van der Waals surface area contributed by atoms with Crippen LogP contribution < -0.4 is 10.1 Å². The van der Waals surface area contributed by atoms with Gasteiger partial charge in [-0.1, -0.05) is 23.2 Å². The molecule has 9 heteroatoms. The first-order valence-corrected chi connectivity index (χ1v) is 12.2. The number of ether oxygens (including phenoxy) is 1. The van der Waals surface area contributed by atoms with E-state index in [1.807, 2.05) is 0 Å². The number of hydrogen-bond acceptors (Lipinski definition) is 6. The van der Waals surface area contributed by atoms with Gasteiger partial charge in [-0.15, -0.1) is 0 Å². The minimum atomic E-state index is -0.499. The smallest absolute Gasteiger partial charge is 0.269 e. The van der Waals surface area contributed by atoms with Crippen molar-refractivity contribution in [3.63, 3.8) is 0 Å². The lowest BCUT2D eigenvalue weighted by molar-refractivity contribution is -0.384. The number of nitrogens with zero attached hydrogens (tertiary/aromatic N) is 1. The Balaban J connectivity index is 1.48.